The van der Waals surface area contributed by atoms with Gasteiger partial charge in [-0.3, -0.25) is 4.79 Å². The lowest BCUT2D eigenvalue weighted by atomic mass is 10.1. The van der Waals surface area contributed by atoms with Crippen molar-refractivity contribution in [3.8, 4) is 0 Å². The second-order valence-corrected chi connectivity index (χ2v) is 5.33. The molecule has 0 aliphatic heterocycles. The van der Waals surface area contributed by atoms with Crippen molar-refractivity contribution < 1.29 is 9.90 Å². The minimum atomic E-state index is -0.285. The van der Waals surface area contributed by atoms with E-state index < -0.39 is 0 Å². The topological polar surface area (TPSA) is 61.4 Å². The smallest absolute Gasteiger partial charge is 0.234 e. The Kier molecular flexibility index (Phi) is 4.11. The molecule has 0 saturated heterocycles. The Morgan fingerprint density at radius 2 is 2.07 bits per heavy atom. The van der Waals surface area contributed by atoms with E-state index in [0.717, 1.165) is 12.8 Å². The molecule has 1 aliphatic carbocycles. The van der Waals surface area contributed by atoms with Crippen molar-refractivity contribution in [1.82, 2.24) is 10.6 Å². The zero-order chi connectivity index (χ0) is 11.5. The van der Waals surface area contributed by atoms with E-state index in [0.29, 0.717) is 12.5 Å². The number of aliphatic hydroxyl groups is 1. The van der Waals surface area contributed by atoms with Crippen LogP contribution in [0.2, 0.25) is 0 Å². The maximum absolute atomic E-state index is 11.4. The van der Waals surface area contributed by atoms with E-state index in [1.54, 1.807) is 0 Å². The van der Waals surface area contributed by atoms with E-state index >= 15 is 0 Å². The molecule has 3 N–H and O–H groups in total. The maximum Gasteiger partial charge on any atom is 0.234 e. The fourth-order valence-electron chi connectivity index (χ4n) is 1.44. The molecule has 1 unspecified atom stereocenters. The summed E-state index contributed by atoms with van der Waals surface area (Å²) in [6.07, 6.45) is 1.96. The minimum Gasteiger partial charge on any atom is -0.392 e. The molecule has 0 aromatic carbocycles. The van der Waals surface area contributed by atoms with Crippen LogP contribution >= 0.6 is 0 Å². The summed E-state index contributed by atoms with van der Waals surface area (Å²) in [6.45, 7) is 6.64. The summed E-state index contributed by atoms with van der Waals surface area (Å²) in [7, 11) is 0. The summed E-state index contributed by atoms with van der Waals surface area (Å²) in [6, 6.07) is 0. The van der Waals surface area contributed by atoms with Gasteiger partial charge < -0.3 is 15.7 Å². The molecule has 1 amide bonds. The van der Waals surface area contributed by atoms with Gasteiger partial charge in [-0.25, -0.2) is 0 Å². The highest BCUT2D eigenvalue weighted by Gasteiger charge is 2.29. The molecule has 0 bridgehead atoms. The van der Waals surface area contributed by atoms with E-state index in [9.17, 15) is 9.90 Å². The third-order valence-electron chi connectivity index (χ3n) is 2.32. The van der Waals surface area contributed by atoms with E-state index in [1.807, 2.05) is 20.8 Å². The second kappa shape index (κ2) is 4.94. The van der Waals surface area contributed by atoms with Gasteiger partial charge in [-0.2, -0.15) is 0 Å². The van der Waals surface area contributed by atoms with Crippen LogP contribution in [0.15, 0.2) is 0 Å². The SMILES string of the molecule is CC(C)(C)NC(=O)CNCC(O)C1CC1. The van der Waals surface area contributed by atoms with Crippen LogP contribution in [0.4, 0.5) is 0 Å². The zero-order valence-corrected chi connectivity index (χ0v) is 9.84. The third-order valence-corrected chi connectivity index (χ3v) is 2.32. The first-order chi connectivity index (χ1) is 6.88. The van der Waals surface area contributed by atoms with E-state index in [4.69, 9.17) is 0 Å². The number of carbonyl (C=O) groups excluding carboxylic acids is 1. The number of nitrogens with one attached hydrogen (secondary N) is 2. The van der Waals surface area contributed by atoms with Gasteiger partial charge in [-0.15, -0.1) is 0 Å². The van der Waals surface area contributed by atoms with Gasteiger partial charge in [-0.1, -0.05) is 0 Å². The maximum atomic E-state index is 11.4. The monoisotopic (exact) mass is 214 g/mol. The van der Waals surface area contributed by atoms with Crippen LogP contribution in [0.5, 0.6) is 0 Å². The van der Waals surface area contributed by atoms with Gasteiger partial charge >= 0.3 is 0 Å². The lowest BCUT2D eigenvalue weighted by Crippen LogP contribution is -2.45. The highest BCUT2D eigenvalue weighted by molar-refractivity contribution is 5.78. The Morgan fingerprint density at radius 1 is 1.47 bits per heavy atom. The van der Waals surface area contributed by atoms with Crippen molar-refractivity contribution in [2.24, 2.45) is 5.92 Å². The molecule has 88 valence electrons. The average Bonchev–Trinajstić information content (AvgIpc) is 2.81. The molecule has 1 atom stereocenters. The first kappa shape index (κ1) is 12.5. The summed E-state index contributed by atoms with van der Waals surface area (Å²) < 4.78 is 0. The van der Waals surface area contributed by atoms with Gasteiger partial charge in [-0.05, 0) is 39.5 Å². The van der Waals surface area contributed by atoms with Gasteiger partial charge in [0.1, 0.15) is 0 Å². The highest BCUT2D eigenvalue weighted by Crippen LogP contribution is 2.32. The predicted octanol–water partition coefficient (Wildman–Crippen LogP) is 0.262. The lowest BCUT2D eigenvalue weighted by Gasteiger charge is -2.20. The van der Waals surface area contributed by atoms with Gasteiger partial charge in [0.15, 0.2) is 0 Å². The van der Waals surface area contributed by atoms with Gasteiger partial charge in [0.05, 0.1) is 12.6 Å². The standard InChI is InChI=1S/C11H22N2O2/c1-11(2,3)13-10(15)7-12-6-9(14)8-4-5-8/h8-9,12,14H,4-7H2,1-3H3,(H,13,15). The van der Waals surface area contributed by atoms with Crippen LogP contribution in [0.1, 0.15) is 33.6 Å². The Bertz CT molecular complexity index is 219. The summed E-state index contributed by atoms with van der Waals surface area (Å²) in [4.78, 5) is 11.4. The van der Waals surface area contributed by atoms with Crippen molar-refractivity contribution >= 4 is 5.91 Å². The fourth-order valence-corrected chi connectivity index (χ4v) is 1.44. The first-order valence-corrected chi connectivity index (χ1v) is 5.58. The molecule has 0 aromatic rings. The Morgan fingerprint density at radius 3 is 2.53 bits per heavy atom. The van der Waals surface area contributed by atoms with Crippen LogP contribution in [-0.2, 0) is 4.79 Å². The van der Waals surface area contributed by atoms with Crippen molar-refractivity contribution in [3.05, 3.63) is 0 Å². The van der Waals surface area contributed by atoms with Crippen molar-refractivity contribution in [3.63, 3.8) is 0 Å². The third kappa shape index (κ3) is 5.74. The molecule has 4 heteroatoms. The number of carbonyl (C=O) groups is 1. The molecular formula is C11H22N2O2. The summed E-state index contributed by atoms with van der Waals surface area (Å²) in [5, 5.41) is 15.4. The fraction of sp³-hybridized carbons (Fsp3) is 0.909. The quantitative estimate of drug-likeness (QED) is 0.615. The Balaban J connectivity index is 2.06. The van der Waals surface area contributed by atoms with Crippen molar-refractivity contribution in [1.29, 1.82) is 0 Å². The van der Waals surface area contributed by atoms with Crippen LogP contribution in [0.25, 0.3) is 0 Å². The Hall–Kier alpha value is -0.610. The average molecular weight is 214 g/mol. The molecule has 1 aliphatic rings. The van der Waals surface area contributed by atoms with Crippen LogP contribution in [-0.4, -0.2) is 35.7 Å². The minimum absolute atomic E-state index is 0.0227. The number of amides is 1. The molecule has 0 radical (unpaired) electrons. The molecule has 0 aromatic heterocycles. The molecule has 4 nitrogen and oxygen atoms in total. The molecule has 1 saturated carbocycles. The first-order valence-electron chi connectivity index (χ1n) is 5.58. The molecule has 15 heavy (non-hydrogen) atoms. The van der Waals surface area contributed by atoms with Gasteiger partial charge in [0, 0.05) is 12.1 Å². The molecule has 1 rings (SSSR count). The zero-order valence-electron chi connectivity index (χ0n) is 9.84. The molecule has 0 heterocycles. The van der Waals surface area contributed by atoms with Gasteiger partial charge in [0.25, 0.3) is 0 Å². The van der Waals surface area contributed by atoms with Crippen LogP contribution in [0.3, 0.4) is 0 Å². The van der Waals surface area contributed by atoms with Crippen molar-refractivity contribution in [2.45, 2.75) is 45.3 Å². The second-order valence-electron chi connectivity index (χ2n) is 5.33. The number of hydrogen-bond acceptors (Lipinski definition) is 3. The van der Waals surface area contributed by atoms with E-state index in [-0.39, 0.29) is 24.1 Å². The Labute approximate surface area is 91.4 Å². The summed E-state index contributed by atoms with van der Waals surface area (Å²) >= 11 is 0. The highest BCUT2D eigenvalue weighted by atomic mass is 16.3. The van der Waals surface area contributed by atoms with Gasteiger partial charge in [0.2, 0.25) is 5.91 Å². The normalized spacial score (nSPS) is 18.7. The molecule has 0 spiro atoms. The molecular weight excluding hydrogens is 192 g/mol. The van der Waals surface area contributed by atoms with E-state index in [1.165, 1.54) is 0 Å². The lowest BCUT2D eigenvalue weighted by molar-refractivity contribution is -0.121. The van der Waals surface area contributed by atoms with E-state index in [2.05, 4.69) is 10.6 Å². The summed E-state index contributed by atoms with van der Waals surface area (Å²) in [5.41, 5.74) is -0.187. The van der Waals surface area contributed by atoms with Crippen molar-refractivity contribution in [2.75, 3.05) is 13.1 Å². The number of rotatable bonds is 5. The number of hydrogen-bond donors (Lipinski definition) is 3. The predicted molar refractivity (Wildman–Crippen MR) is 59.5 cm³/mol. The molecule has 1 fully saturated rings. The van der Waals surface area contributed by atoms with Crippen LogP contribution in [0, 0.1) is 5.92 Å². The van der Waals surface area contributed by atoms with Crippen LogP contribution < -0.4 is 10.6 Å². The summed E-state index contributed by atoms with van der Waals surface area (Å²) in [5.74, 6) is 0.439. The number of aliphatic hydroxyl groups excluding tert-OH is 1. The largest absolute Gasteiger partial charge is 0.392 e.